The number of aromatic nitrogens is 1. The molecular weight excluding hydrogens is 322 g/mol. The quantitative estimate of drug-likeness (QED) is 0.792. The Morgan fingerprint density at radius 3 is 2.50 bits per heavy atom. The van der Waals surface area contributed by atoms with Gasteiger partial charge in [-0.25, -0.2) is 12.4 Å². The summed E-state index contributed by atoms with van der Waals surface area (Å²) in [6.45, 7) is 2.03. The monoisotopic (exact) mass is 341 g/mol. The molecule has 3 aromatic rings. The summed E-state index contributed by atoms with van der Waals surface area (Å²) in [5.74, 6) is 0.254. The minimum atomic E-state index is -3.67. The van der Waals surface area contributed by atoms with Crippen molar-refractivity contribution >= 4 is 20.9 Å². The van der Waals surface area contributed by atoms with Crippen LogP contribution in [-0.4, -0.2) is 24.1 Å². The second-order valence-corrected chi connectivity index (χ2v) is 8.28. The van der Waals surface area contributed by atoms with Gasteiger partial charge in [-0.1, -0.05) is 35.9 Å². The first-order valence-corrected chi connectivity index (χ1v) is 9.50. The number of para-hydroxylation sites is 1. The molecule has 4 rings (SSSR count). The Morgan fingerprint density at radius 2 is 1.83 bits per heavy atom. The summed E-state index contributed by atoms with van der Waals surface area (Å²) in [6, 6.07) is 16.4. The highest BCUT2D eigenvalue weighted by molar-refractivity contribution is 7.90. The maximum Gasteiger partial charge on any atom is 0.268 e. The Labute approximate surface area is 141 Å². The molecule has 24 heavy (non-hydrogen) atoms. The van der Waals surface area contributed by atoms with Gasteiger partial charge in [-0.3, -0.25) is 0 Å². The highest BCUT2D eigenvalue weighted by Gasteiger charge is 2.41. The number of fused-ring (bicyclic) bond motifs is 1. The molecule has 4 nitrogen and oxygen atoms in total. The van der Waals surface area contributed by atoms with Crippen molar-refractivity contribution in [3.8, 4) is 0 Å². The van der Waals surface area contributed by atoms with Crippen LogP contribution in [0.1, 0.15) is 23.6 Å². The number of nitrogens with zero attached hydrogens (tertiary/aromatic N) is 1. The molecule has 5 heteroatoms. The van der Waals surface area contributed by atoms with E-state index in [9.17, 15) is 13.5 Å². The van der Waals surface area contributed by atoms with Crippen LogP contribution in [0.2, 0.25) is 0 Å². The van der Waals surface area contributed by atoms with Crippen molar-refractivity contribution in [1.29, 1.82) is 0 Å². The average molecular weight is 341 g/mol. The summed E-state index contributed by atoms with van der Waals surface area (Å²) in [5, 5.41) is 10.3. The third-order valence-corrected chi connectivity index (χ3v) is 6.55. The second-order valence-electron chi connectivity index (χ2n) is 6.50. The van der Waals surface area contributed by atoms with Gasteiger partial charge in [0.05, 0.1) is 10.4 Å². The summed E-state index contributed by atoms with van der Waals surface area (Å²) in [4.78, 5) is 0.289. The molecule has 0 radical (unpaired) electrons. The van der Waals surface area contributed by atoms with Crippen LogP contribution in [0, 0.1) is 12.8 Å². The van der Waals surface area contributed by atoms with Crippen LogP contribution in [0.25, 0.3) is 10.9 Å². The fourth-order valence-electron chi connectivity index (χ4n) is 3.30. The third kappa shape index (κ3) is 2.36. The number of aliphatic hydroxyl groups excluding tert-OH is 1. The lowest BCUT2D eigenvalue weighted by atomic mass is 10.2. The predicted molar refractivity (Wildman–Crippen MR) is 93.6 cm³/mol. The van der Waals surface area contributed by atoms with Crippen LogP contribution < -0.4 is 0 Å². The molecule has 0 saturated heterocycles. The van der Waals surface area contributed by atoms with E-state index in [1.807, 2.05) is 49.4 Å². The Morgan fingerprint density at radius 1 is 1.12 bits per heavy atom. The molecule has 0 aliphatic heterocycles. The number of hydrogen-bond donors (Lipinski definition) is 1. The minimum Gasteiger partial charge on any atom is -0.396 e. The summed E-state index contributed by atoms with van der Waals surface area (Å²) in [7, 11) is -3.67. The predicted octanol–water partition coefficient (Wildman–Crippen LogP) is 3.28. The molecule has 1 aliphatic carbocycles. The molecule has 1 fully saturated rings. The summed E-state index contributed by atoms with van der Waals surface area (Å²) in [5.41, 5.74) is 2.49. The SMILES string of the molecule is Cc1ccc(S(=O)(=O)n2c([C@@H]3C[C@@H]3CO)cc3ccccc32)cc1. The summed E-state index contributed by atoms with van der Waals surface area (Å²) in [6.07, 6.45) is 0.830. The van der Waals surface area contributed by atoms with Crippen LogP contribution in [-0.2, 0) is 10.0 Å². The zero-order valence-corrected chi connectivity index (χ0v) is 14.2. The lowest BCUT2D eigenvalue weighted by Gasteiger charge is -2.12. The zero-order valence-electron chi connectivity index (χ0n) is 13.4. The number of rotatable bonds is 4. The maximum absolute atomic E-state index is 13.3. The van der Waals surface area contributed by atoms with Gasteiger partial charge in [0.25, 0.3) is 10.0 Å². The van der Waals surface area contributed by atoms with Crippen molar-refractivity contribution in [1.82, 2.24) is 3.97 Å². The van der Waals surface area contributed by atoms with Gasteiger partial charge in [0.1, 0.15) is 0 Å². The van der Waals surface area contributed by atoms with Crippen LogP contribution in [0.15, 0.2) is 59.5 Å². The van der Waals surface area contributed by atoms with E-state index in [-0.39, 0.29) is 23.3 Å². The van der Waals surface area contributed by atoms with E-state index in [4.69, 9.17) is 0 Å². The van der Waals surface area contributed by atoms with Crippen molar-refractivity contribution in [2.45, 2.75) is 24.2 Å². The minimum absolute atomic E-state index is 0.0940. The largest absolute Gasteiger partial charge is 0.396 e. The van der Waals surface area contributed by atoms with Crippen LogP contribution in [0.4, 0.5) is 0 Å². The smallest absolute Gasteiger partial charge is 0.268 e. The van der Waals surface area contributed by atoms with Crippen molar-refractivity contribution in [3.63, 3.8) is 0 Å². The normalized spacial score (nSPS) is 20.4. The molecule has 1 aliphatic rings. The maximum atomic E-state index is 13.3. The van der Waals surface area contributed by atoms with E-state index in [1.54, 1.807) is 12.1 Å². The fourth-order valence-corrected chi connectivity index (χ4v) is 4.89. The summed E-state index contributed by atoms with van der Waals surface area (Å²) < 4.78 is 28.0. The molecule has 0 amide bonds. The van der Waals surface area contributed by atoms with Crippen molar-refractivity contribution in [2.75, 3.05) is 6.61 Å². The van der Waals surface area contributed by atoms with Crippen molar-refractivity contribution in [3.05, 3.63) is 65.9 Å². The molecule has 2 atom stereocenters. The second kappa shape index (κ2) is 5.46. The molecule has 1 N–H and O–H groups in total. The standard InChI is InChI=1S/C19H19NO3S/c1-13-6-8-16(9-7-13)24(22,23)20-18-5-3-2-4-14(18)11-19(20)17-10-15(17)12-21/h2-9,11,15,17,21H,10,12H2,1H3/t15-,17-/m1/s1. The van der Waals surface area contributed by atoms with Crippen LogP contribution >= 0.6 is 0 Å². The number of benzene rings is 2. The molecule has 0 unspecified atom stereocenters. The average Bonchev–Trinajstić information content (AvgIpc) is 3.26. The molecule has 1 saturated carbocycles. The van der Waals surface area contributed by atoms with Gasteiger partial charge >= 0.3 is 0 Å². The van der Waals surface area contributed by atoms with Gasteiger partial charge in [0.15, 0.2) is 0 Å². The van der Waals surface area contributed by atoms with Crippen molar-refractivity contribution < 1.29 is 13.5 Å². The first kappa shape index (κ1) is 15.4. The number of hydrogen-bond acceptors (Lipinski definition) is 3. The molecule has 0 spiro atoms. The first-order chi connectivity index (χ1) is 11.5. The van der Waals surface area contributed by atoms with Gasteiger partial charge in [0.2, 0.25) is 0 Å². The van der Waals surface area contributed by atoms with Gasteiger partial charge in [-0.2, -0.15) is 0 Å². The molecule has 1 heterocycles. The van der Waals surface area contributed by atoms with E-state index >= 15 is 0 Å². The lowest BCUT2D eigenvalue weighted by Crippen LogP contribution is -2.15. The van der Waals surface area contributed by atoms with E-state index in [0.29, 0.717) is 5.52 Å². The lowest BCUT2D eigenvalue weighted by molar-refractivity contribution is 0.273. The Bertz CT molecular complexity index is 1000. The van der Waals surface area contributed by atoms with Crippen LogP contribution in [0.3, 0.4) is 0 Å². The number of aliphatic hydroxyl groups is 1. The Hall–Kier alpha value is -2.11. The highest BCUT2D eigenvalue weighted by atomic mass is 32.2. The van der Waals surface area contributed by atoms with Crippen molar-refractivity contribution in [2.24, 2.45) is 5.92 Å². The topological polar surface area (TPSA) is 59.3 Å². The molecule has 1 aromatic heterocycles. The molecule has 2 aromatic carbocycles. The van der Waals surface area contributed by atoms with E-state index in [1.165, 1.54) is 3.97 Å². The van der Waals surface area contributed by atoms with E-state index in [2.05, 4.69) is 0 Å². The highest BCUT2D eigenvalue weighted by Crippen LogP contribution is 2.49. The Kier molecular flexibility index (Phi) is 3.51. The van der Waals surface area contributed by atoms with Gasteiger partial charge in [-0.15, -0.1) is 0 Å². The van der Waals surface area contributed by atoms with Gasteiger partial charge in [0, 0.05) is 23.6 Å². The summed E-state index contributed by atoms with van der Waals surface area (Å²) >= 11 is 0. The van der Waals surface area contributed by atoms with Crippen LogP contribution in [0.5, 0.6) is 0 Å². The molecular formula is C19H19NO3S. The molecule has 124 valence electrons. The van der Waals surface area contributed by atoms with E-state index in [0.717, 1.165) is 23.1 Å². The Balaban J connectivity index is 1.94. The zero-order chi connectivity index (χ0) is 16.9. The molecule has 0 bridgehead atoms. The van der Waals surface area contributed by atoms with Gasteiger partial charge < -0.3 is 5.11 Å². The number of aryl methyl sites for hydroxylation is 1. The fraction of sp³-hybridized carbons (Fsp3) is 0.263. The third-order valence-electron chi connectivity index (χ3n) is 4.79. The van der Waals surface area contributed by atoms with E-state index < -0.39 is 10.0 Å². The first-order valence-electron chi connectivity index (χ1n) is 8.06. The van der Waals surface area contributed by atoms with Gasteiger partial charge in [-0.05, 0) is 43.5 Å².